The van der Waals surface area contributed by atoms with Gasteiger partial charge in [-0.05, 0) is 49.5 Å². The number of pyridine rings is 1. The molecular weight excluding hydrogens is 371 g/mol. The van der Waals surface area contributed by atoms with E-state index < -0.39 is 0 Å². The lowest BCUT2D eigenvalue weighted by Crippen LogP contribution is -2.39. The average Bonchev–Trinajstić information content (AvgIpc) is 2.64. The molecule has 0 unspecified atom stereocenters. The molecule has 0 spiro atoms. The average molecular weight is 391 g/mol. The van der Waals surface area contributed by atoms with Crippen LogP contribution in [-0.4, -0.2) is 23.0 Å². The summed E-state index contributed by atoms with van der Waals surface area (Å²) in [5, 5.41) is 4.26. The highest BCUT2D eigenvalue weighted by Crippen LogP contribution is 2.23. The third kappa shape index (κ3) is 5.48. The number of halogens is 2. The Balaban J connectivity index is 1.44. The van der Waals surface area contributed by atoms with Gasteiger partial charge in [0.25, 0.3) is 0 Å². The number of hydrogen-bond acceptors (Lipinski definition) is 3. The van der Waals surface area contributed by atoms with Gasteiger partial charge in [0.1, 0.15) is 6.10 Å². The van der Waals surface area contributed by atoms with Crippen LogP contribution in [0.15, 0.2) is 48.7 Å². The monoisotopic (exact) mass is 390 g/mol. The van der Waals surface area contributed by atoms with E-state index in [9.17, 15) is 4.79 Å². The van der Waals surface area contributed by atoms with Crippen LogP contribution in [0.5, 0.6) is 5.88 Å². The van der Waals surface area contributed by atoms with Crippen molar-refractivity contribution in [3.8, 4) is 5.88 Å². The molecule has 1 N–H and O–H groups in total. The van der Waals surface area contributed by atoms with Gasteiger partial charge in [-0.15, -0.1) is 0 Å². The molecule has 26 heavy (non-hydrogen) atoms. The molecule has 136 valence electrons. The lowest BCUT2D eigenvalue weighted by atomic mass is 9.93. The molecule has 1 aliphatic rings. The number of hydrogen-bond donors (Lipinski definition) is 1. The van der Waals surface area contributed by atoms with Crippen molar-refractivity contribution >= 4 is 35.2 Å². The summed E-state index contributed by atoms with van der Waals surface area (Å²) < 4.78 is 5.87. The van der Waals surface area contributed by atoms with E-state index in [-0.39, 0.29) is 18.1 Å². The lowest BCUT2D eigenvalue weighted by molar-refractivity contribution is -0.117. The second-order valence-electron chi connectivity index (χ2n) is 6.27. The Hall–Kier alpha value is -2.04. The van der Waals surface area contributed by atoms with Crippen molar-refractivity contribution in [2.45, 2.75) is 37.8 Å². The maximum absolute atomic E-state index is 12.1. The first-order valence-electron chi connectivity index (χ1n) is 8.61. The van der Waals surface area contributed by atoms with E-state index in [1.165, 1.54) is 6.08 Å². The van der Waals surface area contributed by atoms with Crippen molar-refractivity contribution in [1.29, 1.82) is 0 Å². The highest BCUT2D eigenvalue weighted by Gasteiger charge is 2.23. The van der Waals surface area contributed by atoms with E-state index in [2.05, 4.69) is 10.3 Å². The van der Waals surface area contributed by atoms with Crippen LogP contribution in [0.1, 0.15) is 31.2 Å². The van der Waals surface area contributed by atoms with Crippen molar-refractivity contribution in [3.05, 3.63) is 64.3 Å². The first kappa shape index (κ1) is 18.7. The molecule has 0 bridgehead atoms. The molecule has 2 aromatic rings. The molecule has 0 aliphatic heterocycles. The van der Waals surface area contributed by atoms with E-state index >= 15 is 0 Å². The van der Waals surface area contributed by atoms with Crippen LogP contribution >= 0.6 is 23.2 Å². The molecule has 1 aliphatic carbocycles. The Labute approximate surface area is 163 Å². The number of benzene rings is 1. The summed E-state index contributed by atoms with van der Waals surface area (Å²) in [6.45, 7) is 0. The Morgan fingerprint density at radius 2 is 1.88 bits per heavy atom. The Morgan fingerprint density at radius 3 is 2.58 bits per heavy atom. The molecular formula is C20H20Cl2N2O2. The number of ether oxygens (including phenoxy) is 1. The molecule has 0 saturated heterocycles. The quantitative estimate of drug-likeness (QED) is 0.737. The SMILES string of the molecule is O=C(/C=C/c1ccccc1Cl)NC1CCC(Oc2ccc(Cl)cn2)CC1. The normalized spacial score (nSPS) is 20.1. The number of nitrogens with zero attached hydrogens (tertiary/aromatic N) is 1. The minimum atomic E-state index is -0.103. The van der Waals surface area contributed by atoms with Crippen molar-refractivity contribution in [1.82, 2.24) is 10.3 Å². The van der Waals surface area contributed by atoms with E-state index in [0.717, 1.165) is 31.2 Å². The van der Waals surface area contributed by atoms with Crippen molar-refractivity contribution in [2.24, 2.45) is 0 Å². The Morgan fingerprint density at radius 1 is 1.12 bits per heavy atom. The summed E-state index contributed by atoms with van der Waals surface area (Å²) in [6.07, 6.45) is 8.48. The van der Waals surface area contributed by atoms with Gasteiger partial charge in [-0.2, -0.15) is 0 Å². The standard InChI is InChI=1S/C20H20Cl2N2O2/c21-15-6-12-20(23-13-15)26-17-9-7-16(8-10-17)24-19(25)11-5-14-3-1-2-4-18(14)22/h1-6,11-13,16-17H,7-10H2,(H,24,25)/b11-5+. The van der Waals surface area contributed by atoms with Gasteiger partial charge in [-0.3, -0.25) is 4.79 Å². The van der Waals surface area contributed by atoms with Gasteiger partial charge in [0.2, 0.25) is 11.8 Å². The predicted octanol–water partition coefficient (Wildman–Crippen LogP) is 4.91. The molecule has 3 rings (SSSR count). The smallest absolute Gasteiger partial charge is 0.244 e. The maximum atomic E-state index is 12.1. The van der Waals surface area contributed by atoms with Crippen LogP contribution in [-0.2, 0) is 4.79 Å². The zero-order chi connectivity index (χ0) is 18.4. The van der Waals surface area contributed by atoms with E-state index in [0.29, 0.717) is 15.9 Å². The van der Waals surface area contributed by atoms with E-state index in [1.54, 1.807) is 30.5 Å². The molecule has 6 heteroatoms. The third-order valence-corrected chi connectivity index (χ3v) is 4.90. The Kier molecular flexibility index (Phi) is 6.53. The number of rotatable bonds is 5. The Bertz CT molecular complexity index is 770. The summed E-state index contributed by atoms with van der Waals surface area (Å²) in [6, 6.07) is 11.1. The second kappa shape index (κ2) is 9.06. The third-order valence-electron chi connectivity index (χ3n) is 4.33. The van der Waals surface area contributed by atoms with Gasteiger partial charge in [-0.25, -0.2) is 4.98 Å². The minimum absolute atomic E-state index is 0.103. The molecule has 1 aromatic carbocycles. The highest BCUT2D eigenvalue weighted by molar-refractivity contribution is 6.32. The fourth-order valence-electron chi connectivity index (χ4n) is 2.95. The number of aromatic nitrogens is 1. The molecule has 0 atom stereocenters. The molecule has 0 radical (unpaired) electrons. The van der Waals surface area contributed by atoms with Crippen molar-refractivity contribution in [2.75, 3.05) is 0 Å². The molecule has 1 fully saturated rings. The van der Waals surface area contributed by atoms with Crippen LogP contribution in [0.2, 0.25) is 10.0 Å². The summed E-state index contributed by atoms with van der Waals surface area (Å²) in [4.78, 5) is 16.3. The van der Waals surface area contributed by atoms with Crippen molar-refractivity contribution < 1.29 is 9.53 Å². The van der Waals surface area contributed by atoms with Crippen LogP contribution in [0.25, 0.3) is 6.08 Å². The second-order valence-corrected chi connectivity index (χ2v) is 7.11. The molecule has 4 nitrogen and oxygen atoms in total. The topological polar surface area (TPSA) is 51.2 Å². The van der Waals surface area contributed by atoms with Gasteiger partial charge in [0.15, 0.2) is 0 Å². The number of amides is 1. The van der Waals surface area contributed by atoms with Gasteiger partial charge < -0.3 is 10.1 Å². The van der Waals surface area contributed by atoms with Crippen LogP contribution < -0.4 is 10.1 Å². The van der Waals surface area contributed by atoms with Crippen LogP contribution in [0.3, 0.4) is 0 Å². The number of nitrogens with one attached hydrogen (secondary N) is 1. The summed E-state index contributed by atoms with van der Waals surface area (Å²) in [5.74, 6) is 0.484. The molecule has 1 heterocycles. The van der Waals surface area contributed by atoms with Crippen LogP contribution in [0.4, 0.5) is 0 Å². The molecule has 1 aromatic heterocycles. The van der Waals surface area contributed by atoms with Crippen molar-refractivity contribution in [3.63, 3.8) is 0 Å². The number of carbonyl (C=O) groups is 1. The minimum Gasteiger partial charge on any atom is -0.474 e. The van der Waals surface area contributed by atoms with E-state index in [4.69, 9.17) is 27.9 Å². The van der Waals surface area contributed by atoms with Crippen LogP contribution in [0, 0.1) is 0 Å². The first-order chi connectivity index (χ1) is 12.6. The highest BCUT2D eigenvalue weighted by atomic mass is 35.5. The summed E-state index contributed by atoms with van der Waals surface area (Å²) in [7, 11) is 0. The van der Waals surface area contributed by atoms with Gasteiger partial charge in [0, 0.05) is 29.4 Å². The van der Waals surface area contributed by atoms with Gasteiger partial charge in [0.05, 0.1) is 5.02 Å². The van der Waals surface area contributed by atoms with Gasteiger partial charge >= 0.3 is 0 Å². The van der Waals surface area contributed by atoms with Gasteiger partial charge in [-0.1, -0.05) is 41.4 Å². The fourth-order valence-corrected chi connectivity index (χ4v) is 3.26. The predicted molar refractivity (Wildman–Crippen MR) is 105 cm³/mol. The zero-order valence-corrected chi connectivity index (χ0v) is 15.7. The summed E-state index contributed by atoms with van der Waals surface area (Å²) in [5.41, 5.74) is 0.830. The molecule has 1 amide bonds. The fraction of sp³-hybridized carbons (Fsp3) is 0.300. The number of carbonyl (C=O) groups excluding carboxylic acids is 1. The summed E-state index contributed by atoms with van der Waals surface area (Å²) >= 11 is 11.9. The lowest BCUT2D eigenvalue weighted by Gasteiger charge is -2.28. The largest absolute Gasteiger partial charge is 0.474 e. The van der Waals surface area contributed by atoms with E-state index in [1.807, 2.05) is 18.2 Å². The first-order valence-corrected chi connectivity index (χ1v) is 9.37. The maximum Gasteiger partial charge on any atom is 0.244 e. The molecule has 1 saturated carbocycles. The zero-order valence-electron chi connectivity index (χ0n) is 14.2.